The zero-order chi connectivity index (χ0) is 9.40. The van der Waals surface area contributed by atoms with E-state index in [-0.39, 0.29) is 5.97 Å². The number of carbonyl (C=O) groups is 1. The Kier molecular flexibility index (Phi) is 6.63. The Bertz CT molecular complexity index is 176. The molecule has 0 fully saturated rings. The van der Waals surface area contributed by atoms with Gasteiger partial charge in [-0.2, -0.15) is 11.8 Å². The molecule has 4 heteroatoms. The van der Waals surface area contributed by atoms with E-state index < -0.39 is 6.04 Å². The van der Waals surface area contributed by atoms with Crippen molar-refractivity contribution in [1.29, 1.82) is 0 Å². The first-order valence-electron chi connectivity index (χ1n) is 3.57. The fourth-order valence-corrected chi connectivity index (χ4v) is 1.38. The van der Waals surface area contributed by atoms with Crippen LogP contribution in [-0.2, 0) is 9.53 Å². The number of rotatable bonds is 5. The van der Waals surface area contributed by atoms with Gasteiger partial charge in [0.2, 0.25) is 0 Å². The van der Waals surface area contributed by atoms with Gasteiger partial charge in [0.05, 0.1) is 7.11 Å². The normalized spacial score (nSPS) is 11.8. The molecule has 2 N–H and O–H groups in total. The molecule has 68 valence electrons. The molecule has 1 unspecified atom stereocenters. The number of terminal acetylenes is 1. The summed E-state index contributed by atoms with van der Waals surface area (Å²) < 4.78 is 4.45. The van der Waals surface area contributed by atoms with Crippen molar-refractivity contribution >= 4 is 17.7 Å². The lowest BCUT2D eigenvalue weighted by Crippen LogP contribution is -2.33. The Labute approximate surface area is 77.0 Å². The fraction of sp³-hybridized carbons (Fsp3) is 0.625. The minimum Gasteiger partial charge on any atom is -0.468 e. The molecule has 0 saturated heterocycles. The quantitative estimate of drug-likeness (QED) is 0.380. The zero-order valence-electron chi connectivity index (χ0n) is 7.08. The van der Waals surface area contributed by atoms with Gasteiger partial charge in [-0.05, 0) is 0 Å². The van der Waals surface area contributed by atoms with Crippen LogP contribution in [0.5, 0.6) is 0 Å². The highest BCUT2D eigenvalue weighted by Crippen LogP contribution is 2.03. The van der Waals surface area contributed by atoms with Crippen LogP contribution in [0.25, 0.3) is 0 Å². The molecule has 3 nitrogen and oxygen atoms in total. The summed E-state index contributed by atoms with van der Waals surface area (Å²) in [4.78, 5) is 10.8. The first kappa shape index (κ1) is 11.3. The molecule has 0 aromatic heterocycles. The van der Waals surface area contributed by atoms with Gasteiger partial charge in [0.25, 0.3) is 0 Å². The number of thioether (sulfide) groups is 1. The van der Waals surface area contributed by atoms with Gasteiger partial charge in [-0.3, -0.25) is 4.79 Å². The Hall–Kier alpha value is -0.660. The number of ether oxygens (including phenoxy) is 1. The predicted octanol–water partition coefficient (Wildman–Crippen LogP) is 0.243. The number of carbonyl (C=O) groups excluding carboxylic acids is 1. The van der Waals surface area contributed by atoms with Gasteiger partial charge >= 0.3 is 5.97 Å². The molecule has 0 rings (SSSR count). The lowest BCUT2D eigenvalue weighted by Gasteiger charge is -2.07. The van der Waals surface area contributed by atoms with Crippen LogP contribution in [0.15, 0.2) is 0 Å². The van der Waals surface area contributed by atoms with Crippen LogP contribution in [0, 0.1) is 12.3 Å². The second-order valence-electron chi connectivity index (χ2n) is 2.16. The summed E-state index contributed by atoms with van der Waals surface area (Å²) in [7, 11) is 1.33. The van der Waals surface area contributed by atoms with Crippen LogP contribution < -0.4 is 5.73 Å². The molecule has 0 aliphatic carbocycles. The second-order valence-corrected chi connectivity index (χ2v) is 3.31. The molecule has 0 saturated carbocycles. The van der Waals surface area contributed by atoms with E-state index in [4.69, 9.17) is 12.2 Å². The second kappa shape index (κ2) is 7.01. The standard InChI is InChI=1S/C8H13NO2S/c1-3-4-5-12-6-7(9)8(10)11-2/h1,7H,4-6,9H2,2H3. The van der Waals surface area contributed by atoms with Crippen molar-refractivity contribution in [2.75, 3.05) is 18.6 Å². The molecule has 0 bridgehead atoms. The highest BCUT2D eigenvalue weighted by molar-refractivity contribution is 7.99. The number of esters is 1. The average molecular weight is 187 g/mol. The average Bonchev–Trinajstić information content (AvgIpc) is 2.10. The first-order valence-corrected chi connectivity index (χ1v) is 4.72. The molecular weight excluding hydrogens is 174 g/mol. The molecule has 0 radical (unpaired) electrons. The van der Waals surface area contributed by atoms with Gasteiger partial charge in [0.15, 0.2) is 0 Å². The monoisotopic (exact) mass is 187 g/mol. The van der Waals surface area contributed by atoms with Gasteiger partial charge in [0, 0.05) is 17.9 Å². The van der Waals surface area contributed by atoms with Crippen molar-refractivity contribution in [3.8, 4) is 12.3 Å². The summed E-state index contributed by atoms with van der Waals surface area (Å²) in [6, 6.07) is -0.530. The van der Waals surface area contributed by atoms with Gasteiger partial charge in [0.1, 0.15) is 6.04 Å². The van der Waals surface area contributed by atoms with Gasteiger partial charge in [-0.1, -0.05) is 0 Å². The maximum atomic E-state index is 10.8. The summed E-state index contributed by atoms with van der Waals surface area (Å²) in [6.07, 6.45) is 5.75. The molecule has 0 heterocycles. The number of hydrogen-bond donors (Lipinski definition) is 1. The smallest absolute Gasteiger partial charge is 0.323 e. The van der Waals surface area contributed by atoms with Crippen LogP contribution in [0.3, 0.4) is 0 Å². The number of methoxy groups -OCH3 is 1. The summed E-state index contributed by atoms with van der Waals surface area (Å²) in [5.41, 5.74) is 5.46. The highest BCUT2D eigenvalue weighted by atomic mass is 32.2. The highest BCUT2D eigenvalue weighted by Gasteiger charge is 2.12. The largest absolute Gasteiger partial charge is 0.468 e. The first-order chi connectivity index (χ1) is 5.72. The Morgan fingerprint density at radius 3 is 3.00 bits per heavy atom. The van der Waals surface area contributed by atoms with E-state index in [9.17, 15) is 4.79 Å². The summed E-state index contributed by atoms with van der Waals surface area (Å²) >= 11 is 1.56. The van der Waals surface area contributed by atoms with Gasteiger partial charge < -0.3 is 10.5 Å². The number of hydrogen-bond acceptors (Lipinski definition) is 4. The lowest BCUT2D eigenvalue weighted by molar-refractivity contribution is -0.141. The minimum atomic E-state index is -0.530. The third-order valence-electron chi connectivity index (χ3n) is 1.19. The maximum Gasteiger partial charge on any atom is 0.323 e. The molecule has 0 aliphatic rings. The van der Waals surface area contributed by atoms with E-state index in [2.05, 4.69) is 10.7 Å². The molecule has 0 amide bonds. The van der Waals surface area contributed by atoms with Crippen LogP contribution >= 0.6 is 11.8 Å². The van der Waals surface area contributed by atoms with E-state index in [0.717, 1.165) is 5.75 Å². The van der Waals surface area contributed by atoms with Crippen molar-refractivity contribution in [3.05, 3.63) is 0 Å². The molecular formula is C8H13NO2S. The van der Waals surface area contributed by atoms with Crippen LogP contribution in [0.1, 0.15) is 6.42 Å². The van der Waals surface area contributed by atoms with E-state index in [0.29, 0.717) is 12.2 Å². The number of nitrogens with two attached hydrogens (primary N) is 1. The van der Waals surface area contributed by atoms with E-state index in [1.54, 1.807) is 11.8 Å². The Morgan fingerprint density at radius 2 is 2.50 bits per heavy atom. The summed E-state index contributed by atoms with van der Waals surface area (Å²) in [5.74, 6) is 3.53. The topological polar surface area (TPSA) is 52.3 Å². The molecule has 12 heavy (non-hydrogen) atoms. The SMILES string of the molecule is C#CCCSCC(N)C(=O)OC. The van der Waals surface area contributed by atoms with Gasteiger partial charge in [-0.15, -0.1) is 12.3 Å². The molecule has 0 aromatic carbocycles. The van der Waals surface area contributed by atoms with Crippen molar-refractivity contribution in [1.82, 2.24) is 0 Å². The van der Waals surface area contributed by atoms with Crippen LogP contribution in [-0.4, -0.2) is 30.6 Å². The van der Waals surface area contributed by atoms with Crippen molar-refractivity contribution in [2.24, 2.45) is 5.73 Å². The molecule has 0 aliphatic heterocycles. The summed E-state index contributed by atoms with van der Waals surface area (Å²) in [5, 5.41) is 0. The Balaban J connectivity index is 3.38. The van der Waals surface area contributed by atoms with Crippen molar-refractivity contribution in [2.45, 2.75) is 12.5 Å². The maximum absolute atomic E-state index is 10.8. The van der Waals surface area contributed by atoms with Gasteiger partial charge in [-0.25, -0.2) is 0 Å². The Morgan fingerprint density at radius 1 is 1.83 bits per heavy atom. The predicted molar refractivity (Wildman–Crippen MR) is 50.8 cm³/mol. The van der Waals surface area contributed by atoms with Crippen molar-refractivity contribution in [3.63, 3.8) is 0 Å². The summed E-state index contributed by atoms with van der Waals surface area (Å²) in [6.45, 7) is 0. The minimum absolute atomic E-state index is 0.372. The third-order valence-corrected chi connectivity index (χ3v) is 2.28. The zero-order valence-corrected chi connectivity index (χ0v) is 7.89. The molecule has 1 atom stereocenters. The van der Waals surface area contributed by atoms with E-state index >= 15 is 0 Å². The third kappa shape index (κ3) is 5.05. The van der Waals surface area contributed by atoms with Crippen molar-refractivity contribution < 1.29 is 9.53 Å². The van der Waals surface area contributed by atoms with E-state index in [1.165, 1.54) is 7.11 Å². The molecule has 0 aromatic rings. The van der Waals surface area contributed by atoms with E-state index in [1.807, 2.05) is 0 Å². The molecule has 0 spiro atoms. The lowest BCUT2D eigenvalue weighted by atomic mass is 10.4. The van der Waals surface area contributed by atoms with Crippen LogP contribution in [0.4, 0.5) is 0 Å². The van der Waals surface area contributed by atoms with Crippen LogP contribution in [0.2, 0.25) is 0 Å². The fourth-order valence-electron chi connectivity index (χ4n) is 0.561.